The van der Waals surface area contributed by atoms with Crippen LogP contribution in [0.5, 0.6) is 11.6 Å². The molecule has 0 aliphatic carbocycles. The Morgan fingerprint density at radius 3 is 2.83 bits per heavy atom. The molecular formula is C13H20N2O3. The van der Waals surface area contributed by atoms with E-state index >= 15 is 0 Å². The van der Waals surface area contributed by atoms with Crippen molar-refractivity contribution in [2.45, 2.75) is 12.8 Å². The van der Waals surface area contributed by atoms with Gasteiger partial charge in [-0.2, -0.15) is 0 Å². The highest BCUT2D eigenvalue weighted by molar-refractivity contribution is 5.32. The molecule has 100 valence electrons. The van der Waals surface area contributed by atoms with Crippen LogP contribution in [0.1, 0.15) is 12.8 Å². The molecule has 5 nitrogen and oxygen atoms in total. The zero-order valence-corrected chi connectivity index (χ0v) is 10.5. The minimum Gasteiger partial charge on any atom is -0.486 e. The number of nitrogens with zero attached hydrogens (tertiary/aromatic N) is 2. The van der Waals surface area contributed by atoms with E-state index in [1.807, 2.05) is 0 Å². The van der Waals surface area contributed by atoms with Gasteiger partial charge in [-0.15, -0.1) is 0 Å². The summed E-state index contributed by atoms with van der Waals surface area (Å²) in [5, 5.41) is 8.75. The van der Waals surface area contributed by atoms with Crippen molar-refractivity contribution in [1.82, 2.24) is 9.88 Å². The lowest BCUT2D eigenvalue weighted by Crippen LogP contribution is -2.25. The molecule has 1 aromatic heterocycles. The summed E-state index contributed by atoms with van der Waals surface area (Å²) in [6.07, 6.45) is 4.25. The van der Waals surface area contributed by atoms with Crippen LogP contribution >= 0.6 is 0 Å². The van der Waals surface area contributed by atoms with Crippen molar-refractivity contribution in [3.8, 4) is 11.6 Å². The van der Waals surface area contributed by atoms with Crippen LogP contribution < -0.4 is 9.47 Å². The van der Waals surface area contributed by atoms with Gasteiger partial charge in [-0.3, -0.25) is 4.90 Å². The van der Waals surface area contributed by atoms with Crippen LogP contribution in [-0.2, 0) is 0 Å². The Morgan fingerprint density at radius 1 is 1.22 bits per heavy atom. The molecule has 2 rings (SSSR count). The number of aromatic nitrogens is 1. The minimum absolute atomic E-state index is 0.0118. The van der Waals surface area contributed by atoms with Gasteiger partial charge >= 0.3 is 0 Å². The van der Waals surface area contributed by atoms with Crippen LogP contribution in [-0.4, -0.2) is 54.4 Å². The lowest BCUT2D eigenvalue weighted by atomic mass is 10.4. The van der Waals surface area contributed by atoms with Crippen LogP contribution in [0.25, 0.3) is 0 Å². The minimum atomic E-state index is -0.0118. The Kier molecular flexibility index (Phi) is 5.23. The highest BCUT2D eigenvalue weighted by Crippen LogP contribution is 2.23. The van der Waals surface area contributed by atoms with E-state index in [9.17, 15) is 0 Å². The predicted octanol–water partition coefficient (Wildman–Crippen LogP) is 0.927. The van der Waals surface area contributed by atoms with Gasteiger partial charge in [0.05, 0.1) is 6.61 Å². The summed E-state index contributed by atoms with van der Waals surface area (Å²) in [6.45, 7) is 4.12. The van der Waals surface area contributed by atoms with E-state index in [-0.39, 0.29) is 13.2 Å². The normalized spacial score (nSPS) is 15.8. The number of ether oxygens (including phenoxy) is 2. The zero-order valence-electron chi connectivity index (χ0n) is 10.5. The van der Waals surface area contributed by atoms with Crippen molar-refractivity contribution in [2.24, 2.45) is 0 Å². The van der Waals surface area contributed by atoms with E-state index in [0.717, 1.165) is 6.54 Å². The molecule has 18 heavy (non-hydrogen) atoms. The lowest BCUT2D eigenvalue weighted by molar-refractivity contribution is 0.185. The SMILES string of the molecule is OCCOc1cccnc1OCCN1CCCC1. The quantitative estimate of drug-likeness (QED) is 0.782. The molecule has 0 aromatic carbocycles. The van der Waals surface area contributed by atoms with Crippen molar-refractivity contribution < 1.29 is 14.6 Å². The monoisotopic (exact) mass is 252 g/mol. The highest BCUT2D eigenvalue weighted by Gasteiger charge is 2.12. The van der Waals surface area contributed by atoms with E-state index in [0.29, 0.717) is 18.2 Å². The summed E-state index contributed by atoms with van der Waals surface area (Å²) in [7, 11) is 0. The van der Waals surface area contributed by atoms with Crippen LogP contribution in [0.2, 0.25) is 0 Å². The van der Waals surface area contributed by atoms with Crippen molar-refractivity contribution >= 4 is 0 Å². The number of pyridine rings is 1. The number of aliphatic hydroxyl groups is 1. The van der Waals surface area contributed by atoms with Gasteiger partial charge in [0, 0.05) is 12.7 Å². The van der Waals surface area contributed by atoms with Crippen LogP contribution in [0.3, 0.4) is 0 Å². The summed E-state index contributed by atoms with van der Waals surface area (Å²) in [5.41, 5.74) is 0. The average Bonchev–Trinajstić information content (AvgIpc) is 2.91. The first kappa shape index (κ1) is 13.1. The van der Waals surface area contributed by atoms with Gasteiger partial charge in [0.2, 0.25) is 0 Å². The summed E-state index contributed by atoms with van der Waals surface area (Å²) in [5.74, 6) is 1.10. The summed E-state index contributed by atoms with van der Waals surface area (Å²) < 4.78 is 11.0. The van der Waals surface area contributed by atoms with Gasteiger partial charge in [-0.05, 0) is 38.1 Å². The van der Waals surface area contributed by atoms with Crippen molar-refractivity contribution in [3.05, 3.63) is 18.3 Å². The number of hydrogen-bond donors (Lipinski definition) is 1. The first-order valence-electron chi connectivity index (χ1n) is 6.44. The second-order valence-electron chi connectivity index (χ2n) is 4.28. The van der Waals surface area contributed by atoms with E-state index < -0.39 is 0 Å². The molecule has 1 aliphatic heterocycles. The Balaban J connectivity index is 1.79. The van der Waals surface area contributed by atoms with E-state index in [1.165, 1.54) is 25.9 Å². The molecule has 5 heteroatoms. The fraction of sp³-hybridized carbons (Fsp3) is 0.615. The van der Waals surface area contributed by atoms with E-state index in [4.69, 9.17) is 14.6 Å². The highest BCUT2D eigenvalue weighted by atomic mass is 16.5. The molecule has 0 radical (unpaired) electrons. The van der Waals surface area contributed by atoms with Crippen molar-refractivity contribution in [3.63, 3.8) is 0 Å². The molecule has 0 bridgehead atoms. The van der Waals surface area contributed by atoms with Gasteiger partial charge in [0.1, 0.15) is 13.2 Å². The molecule has 1 saturated heterocycles. The van der Waals surface area contributed by atoms with E-state index in [1.54, 1.807) is 18.3 Å². The number of hydrogen-bond acceptors (Lipinski definition) is 5. The van der Waals surface area contributed by atoms with Gasteiger partial charge in [0.25, 0.3) is 5.88 Å². The van der Waals surface area contributed by atoms with Gasteiger partial charge in [-0.25, -0.2) is 4.98 Å². The second kappa shape index (κ2) is 7.18. The topological polar surface area (TPSA) is 54.8 Å². The molecule has 0 spiro atoms. The Labute approximate surface area is 107 Å². The molecule has 0 saturated carbocycles. The number of rotatable bonds is 7. The molecule has 2 heterocycles. The standard InChI is InChI=1S/C13H20N2O3/c16-9-11-17-12-4-3-5-14-13(12)18-10-8-15-6-1-2-7-15/h3-5,16H,1-2,6-11H2. The van der Waals surface area contributed by atoms with Crippen LogP contribution in [0.15, 0.2) is 18.3 Å². The van der Waals surface area contributed by atoms with Crippen molar-refractivity contribution in [1.29, 1.82) is 0 Å². The number of aliphatic hydroxyl groups excluding tert-OH is 1. The van der Waals surface area contributed by atoms with Gasteiger partial charge < -0.3 is 14.6 Å². The smallest absolute Gasteiger partial charge is 0.257 e. The maximum atomic E-state index is 8.75. The predicted molar refractivity (Wildman–Crippen MR) is 68.0 cm³/mol. The Morgan fingerprint density at radius 2 is 2.06 bits per heavy atom. The third-order valence-corrected chi connectivity index (χ3v) is 2.93. The molecule has 0 amide bonds. The molecule has 0 atom stereocenters. The lowest BCUT2D eigenvalue weighted by Gasteiger charge is -2.15. The van der Waals surface area contributed by atoms with Gasteiger partial charge in [-0.1, -0.05) is 0 Å². The van der Waals surface area contributed by atoms with Crippen LogP contribution in [0, 0.1) is 0 Å². The summed E-state index contributed by atoms with van der Waals surface area (Å²) in [6, 6.07) is 3.59. The maximum Gasteiger partial charge on any atom is 0.257 e. The first-order valence-corrected chi connectivity index (χ1v) is 6.44. The van der Waals surface area contributed by atoms with Crippen LogP contribution in [0.4, 0.5) is 0 Å². The zero-order chi connectivity index (χ0) is 12.6. The molecule has 1 fully saturated rings. The summed E-state index contributed by atoms with van der Waals surface area (Å²) >= 11 is 0. The first-order chi connectivity index (χ1) is 8.90. The number of likely N-dealkylation sites (tertiary alicyclic amines) is 1. The average molecular weight is 252 g/mol. The Hall–Kier alpha value is -1.33. The fourth-order valence-corrected chi connectivity index (χ4v) is 2.03. The Bertz CT molecular complexity index is 354. The third-order valence-electron chi connectivity index (χ3n) is 2.93. The molecular weight excluding hydrogens is 232 g/mol. The molecule has 0 unspecified atom stereocenters. The third kappa shape index (κ3) is 3.85. The van der Waals surface area contributed by atoms with E-state index in [2.05, 4.69) is 9.88 Å². The largest absolute Gasteiger partial charge is 0.486 e. The molecule has 1 aromatic rings. The van der Waals surface area contributed by atoms with Gasteiger partial charge in [0.15, 0.2) is 5.75 Å². The van der Waals surface area contributed by atoms with Crippen molar-refractivity contribution in [2.75, 3.05) is 39.5 Å². The fourth-order valence-electron chi connectivity index (χ4n) is 2.03. The molecule has 1 N–H and O–H groups in total. The summed E-state index contributed by atoms with van der Waals surface area (Å²) in [4.78, 5) is 6.53. The molecule has 1 aliphatic rings. The second-order valence-corrected chi connectivity index (χ2v) is 4.28. The maximum absolute atomic E-state index is 8.75.